The smallest absolute Gasteiger partial charge is 0.253 e. The van der Waals surface area contributed by atoms with Gasteiger partial charge in [-0.3, -0.25) is 19.0 Å². The number of likely N-dealkylation sites (tertiary alicyclic amines) is 1. The maximum atomic E-state index is 13.7. The number of aliphatic hydroxyl groups is 1. The quantitative estimate of drug-likeness (QED) is 0.596. The molecular weight excluding hydrogens is 438 g/mol. The monoisotopic (exact) mass is 471 g/mol. The van der Waals surface area contributed by atoms with E-state index in [1.165, 1.54) is 21.9 Å². The highest BCUT2D eigenvalue weighted by molar-refractivity contribution is 5.90. The van der Waals surface area contributed by atoms with Gasteiger partial charge in [-0.1, -0.05) is 26.0 Å². The van der Waals surface area contributed by atoms with Crippen molar-refractivity contribution in [1.29, 1.82) is 0 Å². The number of hydrogen-bond acceptors (Lipinski definition) is 7. The number of nitrogens with one attached hydrogen (secondary N) is 1. The molecule has 11 nitrogen and oxygen atoms in total. The van der Waals surface area contributed by atoms with Gasteiger partial charge < -0.3 is 15.3 Å². The van der Waals surface area contributed by atoms with Crippen LogP contribution in [0.1, 0.15) is 63.4 Å². The van der Waals surface area contributed by atoms with Crippen LogP contribution in [0.15, 0.2) is 23.4 Å². The third-order valence-electron chi connectivity index (χ3n) is 6.38. The first kappa shape index (κ1) is 24.1. The molecule has 2 fully saturated rings. The molecule has 1 aliphatic heterocycles. The summed E-state index contributed by atoms with van der Waals surface area (Å²) in [7, 11) is 0. The van der Waals surface area contributed by atoms with Crippen molar-refractivity contribution in [2.75, 3.05) is 13.1 Å². The standard InChI is InChI=1S/C23H33N7O4/c1-14-9-19(32)28(13-25-14)8-7-24-21(33)18-10-16(31)11-29(18)22(34)20(23(2,3)4)30-12-17(26-27-30)15-5-6-15/h9,12-13,15-16,18,20,31H,5-8,10-11H2,1-4H3,(H,24,33)/t16?,18?,20-/m1/s1. The Morgan fingerprint density at radius 3 is 2.68 bits per heavy atom. The SMILES string of the molecule is Cc1cc(=O)n(CCNC(=O)C2CC(O)CN2C(=O)[C@@H](n2cc(C3CC3)nn2)C(C)(C)C)cn1. The van der Waals surface area contributed by atoms with Crippen LogP contribution in [0.2, 0.25) is 0 Å². The third-order valence-corrected chi connectivity index (χ3v) is 6.38. The summed E-state index contributed by atoms with van der Waals surface area (Å²) < 4.78 is 3.02. The van der Waals surface area contributed by atoms with Crippen molar-refractivity contribution in [3.8, 4) is 0 Å². The van der Waals surface area contributed by atoms with Gasteiger partial charge in [-0.2, -0.15) is 0 Å². The second-order valence-electron chi connectivity index (χ2n) is 10.4. The Labute approximate surface area is 198 Å². The summed E-state index contributed by atoms with van der Waals surface area (Å²) in [4.78, 5) is 44.3. The first-order chi connectivity index (χ1) is 16.0. The van der Waals surface area contributed by atoms with Crippen LogP contribution in [0.3, 0.4) is 0 Å². The topological polar surface area (TPSA) is 135 Å². The number of carbonyl (C=O) groups excluding carboxylic acids is 2. The lowest BCUT2D eigenvalue weighted by molar-refractivity contribution is -0.144. The largest absolute Gasteiger partial charge is 0.391 e. The molecule has 4 rings (SSSR count). The molecule has 34 heavy (non-hydrogen) atoms. The molecule has 2 aromatic heterocycles. The van der Waals surface area contributed by atoms with Crippen molar-refractivity contribution in [2.45, 2.75) is 77.6 Å². The number of amides is 2. The fraction of sp³-hybridized carbons (Fsp3) is 0.652. The number of aromatic nitrogens is 5. The van der Waals surface area contributed by atoms with Crippen LogP contribution in [0.5, 0.6) is 0 Å². The predicted octanol–water partition coefficient (Wildman–Crippen LogP) is 0.386. The highest BCUT2D eigenvalue weighted by Gasteiger charge is 2.45. The number of nitrogens with zero attached hydrogens (tertiary/aromatic N) is 6. The molecule has 0 radical (unpaired) electrons. The molecule has 2 aromatic rings. The molecule has 2 N–H and O–H groups in total. The molecule has 184 valence electrons. The van der Waals surface area contributed by atoms with E-state index < -0.39 is 23.6 Å². The van der Waals surface area contributed by atoms with Crippen molar-refractivity contribution in [3.63, 3.8) is 0 Å². The highest BCUT2D eigenvalue weighted by Crippen LogP contribution is 2.40. The van der Waals surface area contributed by atoms with Gasteiger partial charge >= 0.3 is 0 Å². The van der Waals surface area contributed by atoms with Crippen LogP contribution in [0, 0.1) is 12.3 Å². The minimum atomic E-state index is -0.799. The molecule has 2 unspecified atom stereocenters. The normalized spacial score (nSPS) is 21.5. The van der Waals surface area contributed by atoms with Gasteiger partial charge in [0.1, 0.15) is 12.1 Å². The van der Waals surface area contributed by atoms with Crippen LogP contribution in [-0.4, -0.2) is 71.6 Å². The van der Waals surface area contributed by atoms with Gasteiger partial charge in [0.25, 0.3) is 5.56 Å². The van der Waals surface area contributed by atoms with Gasteiger partial charge in [-0.05, 0) is 25.2 Å². The first-order valence-electron chi connectivity index (χ1n) is 11.8. The van der Waals surface area contributed by atoms with E-state index in [1.54, 1.807) is 11.6 Å². The molecule has 1 aliphatic carbocycles. The van der Waals surface area contributed by atoms with E-state index in [9.17, 15) is 19.5 Å². The fourth-order valence-corrected chi connectivity index (χ4v) is 4.43. The maximum Gasteiger partial charge on any atom is 0.253 e. The number of aliphatic hydroxyl groups excluding tert-OH is 1. The zero-order valence-corrected chi connectivity index (χ0v) is 20.1. The molecular formula is C23H33N7O4. The van der Waals surface area contributed by atoms with Crippen LogP contribution in [0.4, 0.5) is 0 Å². The van der Waals surface area contributed by atoms with E-state index in [0.717, 1.165) is 18.5 Å². The average molecular weight is 472 g/mol. The summed E-state index contributed by atoms with van der Waals surface area (Å²) in [5.74, 6) is -0.216. The lowest BCUT2D eigenvalue weighted by Crippen LogP contribution is -2.50. The second-order valence-corrected chi connectivity index (χ2v) is 10.4. The Balaban J connectivity index is 1.46. The number of aryl methyl sites for hydroxylation is 1. The van der Waals surface area contributed by atoms with E-state index >= 15 is 0 Å². The number of rotatable bonds is 7. The van der Waals surface area contributed by atoms with E-state index in [4.69, 9.17) is 0 Å². The molecule has 0 spiro atoms. The van der Waals surface area contributed by atoms with Crippen molar-refractivity contribution >= 4 is 11.8 Å². The molecule has 0 aromatic carbocycles. The first-order valence-corrected chi connectivity index (χ1v) is 11.8. The predicted molar refractivity (Wildman–Crippen MR) is 123 cm³/mol. The second kappa shape index (κ2) is 9.28. The van der Waals surface area contributed by atoms with Gasteiger partial charge in [0.2, 0.25) is 11.8 Å². The van der Waals surface area contributed by atoms with Gasteiger partial charge in [0.15, 0.2) is 0 Å². The lowest BCUT2D eigenvalue weighted by atomic mass is 9.85. The summed E-state index contributed by atoms with van der Waals surface area (Å²) in [5.41, 5.74) is 0.837. The number of β-amino-alcohol motifs (C(OH)–C–C–N with tert-alkyl or cyclic N) is 1. The zero-order chi connectivity index (χ0) is 24.6. The molecule has 2 aliphatic rings. The fourth-order valence-electron chi connectivity index (χ4n) is 4.43. The average Bonchev–Trinajstić information content (AvgIpc) is 3.36. The van der Waals surface area contributed by atoms with E-state index in [2.05, 4.69) is 20.6 Å². The Hall–Kier alpha value is -3.08. The van der Waals surface area contributed by atoms with E-state index in [-0.39, 0.29) is 43.4 Å². The third kappa shape index (κ3) is 5.19. The number of carbonyl (C=O) groups is 2. The van der Waals surface area contributed by atoms with Crippen LogP contribution in [0.25, 0.3) is 0 Å². The Morgan fingerprint density at radius 1 is 1.29 bits per heavy atom. The van der Waals surface area contributed by atoms with Crippen molar-refractivity contribution in [2.24, 2.45) is 5.41 Å². The van der Waals surface area contributed by atoms with Gasteiger partial charge in [-0.25, -0.2) is 9.67 Å². The molecule has 1 saturated carbocycles. The molecule has 2 amide bonds. The molecule has 3 heterocycles. The molecule has 1 saturated heterocycles. The summed E-state index contributed by atoms with van der Waals surface area (Å²) in [6.45, 7) is 8.12. The van der Waals surface area contributed by atoms with Crippen molar-refractivity contribution < 1.29 is 14.7 Å². The van der Waals surface area contributed by atoms with Crippen LogP contribution < -0.4 is 10.9 Å². The van der Waals surface area contributed by atoms with E-state index in [0.29, 0.717) is 11.6 Å². The highest BCUT2D eigenvalue weighted by atomic mass is 16.3. The lowest BCUT2D eigenvalue weighted by Gasteiger charge is -2.34. The maximum absolute atomic E-state index is 13.7. The zero-order valence-electron chi connectivity index (χ0n) is 20.1. The molecule has 3 atom stereocenters. The van der Waals surface area contributed by atoms with Crippen molar-refractivity contribution in [3.05, 3.63) is 40.3 Å². The Bertz CT molecular complexity index is 1120. The summed E-state index contributed by atoms with van der Waals surface area (Å²) in [6.07, 6.45) is 4.81. The van der Waals surface area contributed by atoms with E-state index in [1.807, 2.05) is 27.0 Å². The van der Waals surface area contributed by atoms with Crippen LogP contribution in [-0.2, 0) is 16.1 Å². The Kier molecular flexibility index (Phi) is 6.57. The molecule has 0 bridgehead atoms. The summed E-state index contributed by atoms with van der Waals surface area (Å²) >= 11 is 0. The number of hydrogen-bond donors (Lipinski definition) is 2. The van der Waals surface area contributed by atoms with Gasteiger partial charge in [0.05, 0.1) is 18.1 Å². The van der Waals surface area contributed by atoms with Gasteiger partial charge in [-0.15, -0.1) is 5.10 Å². The van der Waals surface area contributed by atoms with Gasteiger partial charge in [0, 0.05) is 49.9 Å². The summed E-state index contributed by atoms with van der Waals surface area (Å²) in [5, 5.41) is 21.6. The van der Waals surface area contributed by atoms with Crippen LogP contribution >= 0.6 is 0 Å². The minimum absolute atomic E-state index is 0.0784. The Morgan fingerprint density at radius 2 is 2.03 bits per heavy atom. The van der Waals surface area contributed by atoms with Crippen molar-refractivity contribution in [1.82, 2.24) is 34.8 Å². The summed E-state index contributed by atoms with van der Waals surface area (Å²) in [6, 6.07) is -0.0296. The molecule has 11 heteroatoms. The minimum Gasteiger partial charge on any atom is -0.391 e.